The van der Waals surface area contributed by atoms with Gasteiger partial charge in [-0.05, 0) is 25.6 Å². The van der Waals surface area contributed by atoms with Gasteiger partial charge in [0.2, 0.25) is 0 Å². The molecule has 0 unspecified atom stereocenters. The molecule has 0 N–H and O–H groups in total. The summed E-state index contributed by atoms with van der Waals surface area (Å²) in [6.45, 7) is 3.44. The van der Waals surface area contributed by atoms with Crippen LogP contribution in [-0.4, -0.2) is 48.4 Å². The van der Waals surface area contributed by atoms with Gasteiger partial charge in [-0.15, -0.1) is 11.8 Å². The average molecular weight is 235 g/mol. The van der Waals surface area contributed by atoms with Gasteiger partial charge in [-0.2, -0.15) is 0 Å². The van der Waals surface area contributed by atoms with Gasteiger partial charge in [0.15, 0.2) is 0 Å². The molecule has 1 fully saturated rings. The lowest BCUT2D eigenvalue weighted by Gasteiger charge is -2.40. The molecule has 2 aliphatic heterocycles. The first-order valence-corrected chi connectivity index (χ1v) is 6.86. The summed E-state index contributed by atoms with van der Waals surface area (Å²) in [4.78, 5) is 10.9. The highest BCUT2D eigenvalue weighted by molar-refractivity contribution is 7.99. The van der Waals surface area contributed by atoms with Crippen molar-refractivity contribution in [1.29, 1.82) is 0 Å². The maximum atomic E-state index is 4.58. The fourth-order valence-corrected chi connectivity index (χ4v) is 3.64. The summed E-state index contributed by atoms with van der Waals surface area (Å²) in [7, 11) is 2.22. The van der Waals surface area contributed by atoms with Gasteiger partial charge < -0.3 is 9.80 Å². The lowest BCUT2D eigenvalue weighted by atomic mass is 10.1. The van der Waals surface area contributed by atoms with Gasteiger partial charge in [0.25, 0.3) is 0 Å². The average Bonchev–Trinajstić information content (AvgIpc) is 2.47. The zero-order chi connectivity index (χ0) is 11.0. The number of nitrogens with zero attached hydrogens (tertiary/aromatic N) is 3. The van der Waals surface area contributed by atoms with E-state index in [2.05, 4.69) is 27.9 Å². The molecule has 1 saturated heterocycles. The Kier molecular flexibility index (Phi) is 2.77. The Morgan fingerprint density at radius 1 is 1.44 bits per heavy atom. The van der Waals surface area contributed by atoms with Crippen LogP contribution in [0.1, 0.15) is 6.42 Å². The normalized spacial score (nSPS) is 25.8. The van der Waals surface area contributed by atoms with Crippen molar-refractivity contribution in [2.75, 3.05) is 37.3 Å². The van der Waals surface area contributed by atoms with Crippen molar-refractivity contribution < 1.29 is 0 Å². The molecule has 3 heterocycles. The summed E-state index contributed by atoms with van der Waals surface area (Å²) in [5.74, 6) is 2.43. The van der Waals surface area contributed by atoms with Gasteiger partial charge in [-0.3, -0.25) is 0 Å². The number of hydrogen-bond acceptors (Lipinski definition) is 4. The summed E-state index contributed by atoms with van der Waals surface area (Å²) >= 11 is 1.95. The largest absolute Gasteiger partial charge is 0.350 e. The lowest BCUT2D eigenvalue weighted by Crippen LogP contribution is -2.52. The first kappa shape index (κ1) is 10.4. The second kappa shape index (κ2) is 4.26. The van der Waals surface area contributed by atoms with Crippen LogP contribution in [0, 0.1) is 0 Å². The molecule has 0 amide bonds. The number of fused-ring (bicyclic) bond motifs is 3. The summed E-state index contributed by atoms with van der Waals surface area (Å²) in [6, 6.07) is 4.90. The number of anilines is 1. The summed E-state index contributed by atoms with van der Waals surface area (Å²) in [6.07, 6.45) is 3.19. The fourth-order valence-electron chi connectivity index (χ4n) is 2.55. The van der Waals surface area contributed by atoms with E-state index in [1.54, 1.807) is 0 Å². The Balaban J connectivity index is 1.95. The van der Waals surface area contributed by atoms with Crippen LogP contribution in [0.4, 0.5) is 5.82 Å². The van der Waals surface area contributed by atoms with Crippen LogP contribution in [-0.2, 0) is 0 Å². The monoisotopic (exact) mass is 235 g/mol. The van der Waals surface area contributed by atoms with Crippen molar-refractivity contribution in [1.82, 2.24) is 9.88 Å². The number of aromatic nitrogens is 1. The highest BCUT2D eigenvalue weighted by atomic mass is 32.2. The first-order chi connectivity index (χ1) is 7.84. The minimum atomic E-state index is 0.655. The van der Waals surface area contributed by atoms with Crippen molar-refractivity contribution >= 4 is 17.6 Å². The van der Waals surface area contributed by atoms with E-state index in [9.17, 15) is 0 Å². The van der Waals surface area contributed by atoms with Crippen molar-refractivity contribution in [3.8, 4) is 0 Å². The minimum absolute atomic E-state index is 0.655. The van der Waals surface area contributed by atoms with E-state index in [0.29, 0.717) is 6.04 Å². The third-order valence-electron chi connectivity index (χ3n) is 3.42. The molecule has 1 aromatic heterocycles. The molecule has 3 nitrogen and oxygen atoms in total. The van der Waals surface area contributed by atoms with Gasteiger partial charge in [0, 0.05) is 42.5 Å². The molecular formula is C12H17N3S. The Bertz CT molecular complexity index is 382. The van der Waals surface area contributed by atoms with Crippen molar-refractivity contribution in [3.63, 3.8) is 0 Å². The molecule has 16 heavy (non-hydrogen) atoms. The SMILES string of the molecule is CN1CCN2c3ncccc3SCC[C@H]2C1. The fraction of sp³-hybridized carbons (Fsp3) is 0.583. The number of hydrogen-bond donors (Lipinski definition) is 0. The van der Waals surface area contributed by atoms with Gasteiger partial charge in [-0.25, -0.2) is 4.98 Å². The highest BCUT2D eigenvalue weighted by Crippen LogP contribution is 2.35. The molecule has 3 rings (SSSR count). The number of thioether (sulfide) groups is 1. The molecular weight excluding hydrogens is 218 g/mol. The summed E-state index contributed by atoms with van der Waals surface area (Å²) in [5, 5.41) is 0. The van der Waals surface area contributed by atoms with E-state index in [1.165, 1.54) is 29.4 Å². The van der Waals surface area contributed by atoms with Gasteiger partial charge in [-0.1, -0.05) is 0 Å². The van der Waals surface area contributed by atoms with Crippen LogP contribution in [0.15, 0.2) is 23.2 Å². The van der Waals surface area contributed by atoms with Crippen LogP contribution in [0.25, 0.3) is 0 Å². The molecule has 0 bridgehead atoms. The molecule has 2 aliphatic rings. The van der Waals surface area contributed by atoms with Gasteiger partial charge >= 0.3 is 0 Å². The summed E-state index contributed by atoms with van der Waals surface area (Å²) < 4.78 is 0. The van der Waals surface area contributed by atoms with Crippen molar-refractivity contribution in [3.05, 3.63) is 18.3 Å². The van der Waals surface area contributed by atoms with Crippen LogP contribution in [0.3, 0.4) is 0 Å². The Labute approximate surface area is 101 Å². The smallest absolute Gasteiger partial charge is 0.142 e. The lowest BCUT2D eigenvalue weighted by molar-refractivity contribution is 0.263. The van der Waals surface area contributed by atoms with Crippen LogP contribution >= 0.6 is 11.8 Å². The van der Waals surface area contributed by atoms with Gasteiger partial charge in [0.05, 0.1) is 0 Å². The molecule has 1 atom stereocenters. The quantitative estimate of drug-likeness (QED) is 0.681. The zero-order valence-electron chi connectivity index (χ0n) is 9.59. The summed E-state index contributed by atoms with van der Waals surface area (Å²) in [5.41, 5.74) is 0. The number of pyridine rings is 1. The first-order valence-electron chi connectivity index (χ1n) is 5.87. The number of likely N-dealkylation sites (N-methyl/N-ethyl adjacent to an activating group) is 1. The maximum Gasteiger partial charge on any atom is 0.142 e. The van der Waals surface area contributed by atoms with E-state index in [0.717, 1.165) is 13.1 Å². The van der Waals surface area contributed by atoms with Crippen LogP contribution < -0.4 is 4.90 Å². The predicted octanol–water partition coefficient (Wildman–Crippen LogP) is 1.70. The number of rotatable bonds is 0. The zero-order valence-corrected chi connectivity index (χ0v) is 10.4. The Morgan fingerprint density at radius 2 is 2.38 bits per heavy atom. The standard InChI is InChI=1S/C12H17N3S/c1-14-6-7-15-10(9-14)4-8-16-11-3-2-5-13-12(11)15/h2-3,5,10H,4,6-9H2,1H3/t10-/m0/s1. The topological polar surface area (TPSA) is 19.4 Å². The predicted molar refractivity (Wildman–Crippen MR) is 68.2 cm³/mol. The molecule has 0 spiro atoms. The molecule has 4 heteroatoms. The second-order valence-electron chi connectivity index (χ2n) is 4.57. The van der Waals surface area contributed by atoms with E-state index in [-0.39, 0.29) is 0 Å². The van der Waals surface area contributed by atoms with Crippen molar-refractivity contribution in [2.45, 2.75) is 17.4 Å². The molecule has 0 saturated carbocycles. The third-order valence-corrected chi connectivity index (χ3v) is 4.49. The Morgan fingerprint density at radius 3 is 3.31 bits per heavy atom. The van der Waals surface area contributed by atoms with E-state index < -0.39 is 0 Å². The second-order valence-corrected chi connectivity index (χ2v) is 5.71. The third kappa shape index (κ3) is 1.80. The highest BCUT2D eigenvalue weighted by Gasteiger charge is 2.29. The van der Waals surface area contributed by atoms with E-state index in [1.807, 2.05) is 24.0 Å². The molecule has 86 valence electrons. The van der Waals surface area contributed by atoms with E-state index >= 15 is 0 Å². The minimum Gasteiger partial charge on any atom is -0.350 e. The molecule has 0 radical (unpaired) electrons. The van der Waals surface area contributed by atoms with Crippen molar-refractivity contribution in [2.24, 2.45) is 0 Å². The molecule has 0 aliphatic carbocycles. The van der Waals surface area contributed by atoms with Gasteiger partial charge in [0.1, 0.15) is 5.82 Å². The Hall–Kier alpha value is -0.740. The van der Waals surface area contributed by atoms with E-state index in [4.69, 9.17) is 0 Å². The molecule has 1 aromatic rings. The maximum absolute atomic E-state index is 4.58. The van der Waals surface area contributed by atoms with Crippen LogP contribution in [0.5, 0.6) is 0 Å². The number of piperazine rings is 1. The molecule has 0 aromatic carbocycles. The van der Waals surface area contributed by atoms with Crippen LogP contribution in [0.2, 0.25) is 0 Å².